The molecule has 0 aliphatic rings. The first-order chi connectivity index (χ1) is 9.60. The number of aliphatic hydroxyl groups excluding tert-OH is 1. The van der Waals surface area contributed by atoms with Gasteiger partial charge in [-0.1, -0.05) is 26.2 Å². The molecule has 0 aliphatic heterocycles. The average Bonchev–Trinajstić information content (AvgIpc) is 2.44. The minimum atomic E-state index is -0.0130. The largest absolute Gasteiger partial charge is 0.395 e. The zero-order valence-corrected chi connectivity index (χ0v) is 15.5. The van der Waals surface area contributed by atoms with Crippen molar-refractivity contribution in [2.45, 2.75) is 32.6 Å². The van der Waals surface area contributed by atoms with Crippen LogP contribution in [0.15, 0.2) is 22.7 Å². The fourth-order valence-electron chi connectivity index (χ4n) is 2.00. The molecular weight excluding hydrogens is 433 g/mol. The van der Waals surface area contributed by atoms with Crippen LogP contribution in [0.25, 0.3) is 0 Å². The molecule has 0 spiro atoms. The third-order valence-corrected chi connectivity index (χ3v) is 4.46. The SMILES string of the molecule is CCCCCCN(CCO)C(=O)c1cc(I)ccc1Br. The van der Waals surface area contributed by atoms with Crippen LogP contribution in [0.4, 0.5) is 0 Å². The summed E-state index contributed by atoms with van der Waals surface area (Å²) in [6.07, 6.45) is 4.48. The number of carbonyl (C=O) groups excluding carboxylic acids is 1. The van der Waals surface area contributed by atoms with Crippen LogP contribution < -0.4 is 0 Å². The summed E-state index contributed by atoms with van der Waals surface area (Å²) in [6.45, 7) is 3.26. The normalized spacial score (nSPS) is 10.6. The maximum atomic E-state index is 12.6. The number of amides is 1. The van der Waals surface area contributed by atoms with Gasteiger partial charge in [0, 0.05) is 21.1 Å². The number of benzene rings is 1. The van der Waals surface area contributed by atoms with Crippen molar-refractivity contribution in [2.24, 2.45) is 0 Å². The third kappa shape index (κ3) is 5.69. The van der Waals surface area contributed by atoms with Crippen molar-refractivity contribution in [1.29, 1.82) is 0 Å². The van der Waals surface area contributed by atoms with Crippen LogP contribution in [0.1, 0.15) is 43.0 Å². The van der Waals surface area contributed by atoms with Crippen molar-refractivity contribution in [3.8, 4) is 0 Å². The molecule has 0 heterocycles. The summed E-state index contributed by atoms with van der Waals surface area (Å²) < 4.78 is 1.84. The number of rotatable bonds is 8. The Labute approximate surface area is 143 Å². The quantitative estimate of drug-likeness (QED) is 0.476. The summed E-state index contributed by atoms with van der Waals surface area (Å²) in [5.74, 6) is -0.0130. The van der Waals surface area contributed by atoms with E-state index in [1.54, 1.807) is 4.90 Å². The molecule has 0 atom stereocenters. The Morgan fingerprint density at radius 1 is 1.30 bits per heavy atom. The van der Waals surface area contributed by atoms with Crippen molar-refractivity contribution in [1.82, 2.24) is 4.90 Å². The van der Waals surface area contributed by atoms with E-state index in [1.807, 2.05) is 18.2 Å². The maximum absolute atomic E-state index is 12.6. The van der Waals surface area contributed by atoms with Gasteiger partial charge < -0.3 is 10.0 Å². The molecule has 1 N–H and O–H groups in total. The summed E-state index contributed by atoms with van der Waals surface area (Å²) in [5.41, 5.74) is 0.667. The molecule has 0 radical (unpaired) electrons. The van der Waals surface area contributed by atoms with Crippen molar-refractivity contribution >= 4 is 44.4 Å². The van der Waals surface area contributed by atoms with Gasteiger partial charge in [0.05, 0.1) is 12.2 Å². The first-order valence-electron chi connectivity index (χ1n) is 6.95. The molecule has 0 unspecified atom stereocenters. The van der Waals surface area contributed by atoms with E-state index in [0.717, 1.165) is 20.9 Å². The van der Waals surface area contributed by atoms with Gasteiger partial charge in [-0.25, -0.2) is 0 Å². The molecule has 0 saturated carbocycles. The van der Waals surface area contributed by atoms with E-state index in [-0.39, 0.29) is 12.5 Å². The van der Waals surface area contributed by atoms with E-state index >= 15 is 0 Å². The average molecular weight is 454 g/mol. The van der Waals surface area contributed by atoms with Gasteiger partial charge in [-0.2, -0.15) is 0 Å². The Kier molecular flexibility index (Phi) is 8.72. The summed E-state index contributed by atoms with van der Waals surface area (Å²) in [6, 6.07) is 5.73. The number of hydrogen-bond donors (Lipinski definition) is 1. The van der Waals surface area contributed by atoms with Crippen molar-refractivity contribution in [3.05, 3.63) is 31.8 Å². The topological polar surface area (TPSA) is 40.5 Å². The fraction of sp³-hybridized carbons (Fsp3) is 0.533. The van der Waals surface area contributed by atoms with Crippen LogP contribution in [0.3, 0.4) is 0 Å². The standard InChI is InChI=1S/C15H21BrINO2/c1-2-3-4-5-8-18(9-10-19)15(20)13-11-12(17)6-7-14(13)16/h6-7,11,19H,2-5,8-10H2,1H3. The lowest BCUT2D eigenvalue weighted by Crippen LogP contribution is -2.34. The molecule has 1 aromatic carbocycles. The summed E-state index contributed by atoms with van der Waals surface area (Å²) >= 11 is 5.63. The highest BCUT2D eigenvalue weighted by Crippen LogP contribution is 2.21. The van der Waals surface area contributed by atoms with E-state index < -0.39 is 0 Å². The van der Waals surface area contributed by atoms with Gasteiger partial charge in [-0.3, -0.25) is 4.79 Å². The van der Waals surface area contributed by atoms with Crippen LogP contribution in [0.2, 0.25) is 0 Å². The molecule has 20 heavy (non-hydrogen) atoms. The number of hydrogen-bond acceptors (Lipinski definition) is 2. The highest BCUT2D eigenvalue weighted by Gasteiger charge is 2.17. The van der Waals surface area contributed by atoms with E-state index in [0.29, 0.717) is 18.7 Å². The first kappa shape index (κ1) is 17.9. The predicted octanol–water partition coefficient (Wildman–Crippen LogP) is 4.07. The zero-order chi connectivity index (χ0) is 15.0. The highest BCUT2D eigenvalue weighted by atomic mass is 127. The highest BCUT2D eigenvalue weighted by molar-refractivity contribution is 14.1. The number of halogens is 2. The molecule has 5 heteroatoms. The molecule has 1 amide bonds. The number of nitrogens with zero attached hydrogens (tertiary/aromatic N) is 1. The second kappa shape index (κ2) is 9.73. The molecule has 112 valence electrons. The second-order valence-electron chi connectivity index (χ2n) is 4.70. The lowest BCUT2D eigenvalue weighted by molar-refractivity contribution is 0.0717. The number of unbranched alkanes of at least 4 members (excludes halogenated alkanes) is 3. The van der Waals surface area contributed by atoms with Gasteiger partial charge in [0.15, 0.2) is 0 Å². The van der Waals surface area contributed by atoms with Gasteiger partial charge >= 0.3 is 0 Å². The maximum Gasteiger partial charge on any atom is 0.255 e. The second-order valence-corrected chi connectivity index (χ2v) is 6.80. The van der Waals surface area contributed by atoms with Gasteiger partial charge in [-0.05, 0) is 63.1 Å². The number of aliphatic hydroxyl groups is 1. The van der Waals surface area contributed by atoms with Gasteiger partial charge in [0.25, 0.3) is 5.91 Å². The summed E-state index contributed by atoms with van der Waals surface area (Å²) in [5, 5.41) is 9.15. The minimum absolute atomic E-state index is 0.00105. The first-order valence-corrected chi connectivity index (χ1v) is 8.82. The van der Waals surface area contributed by atoms with Gasteiger partial charge in [-0.15, -0.1) is 0 Å². The summed E-state index contributed by atoms with van der Waals surface area (Å²) in [7, 11) is 0. The van der Waals surface area contributed by atoms with E-state index in [1.165, 1.54) is 12.8 Å². The molecule has 0 fully saturated rings. The lowest BCUT2D eigenvalue weighted by Gasteiger charge is -2.22. The zero-order valence-electron chi connectivity index (χ0n) is 11.7. The minimum Gasteiger partial charge on any atom is -0.395 e. The van der Waals surface area contributed by atoms with Crippen molar-refractivity contribution < 1.29 is 9.90 Å². The molecule has 0 bridgehead atoms. The van der Waals surface area contributed by atoms with Gasteiger partial charge in [0.2, 0.25) is 0 Å². The molecule has 3 nitrogen and oxygen atoms in total. The Morgan fingerprint density at radius 3 is 2.70 bits per heavy atom. The van der Waals surface area contributed by atoms with Crippen molar-refractivity contribution in [3.63, 3.8) is 0 Å². The monoisotopic (exact) mass is 453 g/mol. The van der Waals surface area contributed by atoms with Crippen LogP contribution in [0, 0.1) is 3.57 Å². The Morgan fingerprint density at radius 2 is 2.05 bits per heavy atom. The van der Waals surface area contributed by atoms with E-state index in [2.05, 4.69) is 45.4 Å². The molecular formula is C15H21BrINO2. The van der Waals surface area contributed by atoms with Gasteiger partial charge in [0.1, 0.15) is 0 Å². The summed E-state index contributed by atoms with van der Waals surface area (Å²) in [4.78, 5) is 14.3. The van der Waals surface area contributed by atoms with Crippen LogP contribution in [-0.4, -0.2) is 35.6 Å². The number of carbonyl (C=O) groups is 1. The van der Waals surface area contributed by atoms with E-state index in [9.17, 15) is 4.79 Å². The molecule has 0 saturated heterocycles. The Hall–Kier alpha value is -0.140. The van der Waals surface area contributed by atoms with Crippen LogP contribution in [-0.2, 0) is 0 Å². The van der Waals surface area contributed by atoms with Crippen LogP contribution >= 0.6 is 38.5 Å². The third-order valence-electron chi connectivity index (χ3n) is 3.10. The fourth-order valence-corrected chi connectivity index (χ4v) is 2.90. The Bertz CT molecular complexity index is 440. The van der Waals surface area contributed by atoms with Crippen LogP contribution in [0.5, 0.6) is 0 Å². The predicted molar refractivity (Wildman–Crippen MR) is 94.0 cm³/mol. The molecule has 0 aliphatic carbocycles. The van der Waals surface area contributed by atoms with E-state index in [4.69, 9.17) is 5.11 Å². The molecule has 1 rings (SSSR count). The molecule has 1 aromatic rings. The Balaban J connectivity index is 2.74. The van der Waals surface area contributed by atoms with Crippen molar-refractivity contribution in [2.75, 3.05) is 19.7 Å². The lowest BCUT2D eigenvalue weighted by atomic mass is 10.1. The molecule has 0 aromatic heterocycles. The smallest absolute Gasteiger partial charge is 0.255 e.